The van der Waals surface area contributed by atoms with Crippen LogP contribution < -0.4 is 0 Å². The molecule has 7 heteroatoms. The van der Waals surface area contributed by atoms with Gasteiger partial charge in [0.1, 0.15) is 0 Å². The van der Waals surface area contributed by atoms with E-state index in [2.05, 4.69) is 42.4 Å². The number of amides is 1. The van der Waals surface area contributed by atoms with Crippen molar-refractivity contribution >= 4 is 17.7 Å². The number of hydrogen-bond donors (Lipinski definition) is 0. The molecule has 23 heavy (non-hydrogen) atoms. The number of hydrogen-bond acceptors (Lipinski definition) is 5. The number of carbonyl (C=O) groups is 1. The first-order valence-electron chi connectivity index (χ1n) is 8.29. The van der Waals surface area contributed by atoms with Crippen molar-refractivity contribution in [2.75, 3.05) is 13.1 Å². The van der Waals surface area contributed by atoms with Crippen molar-refractivity contribution in [1.82, 2.24) is 25.1 Å². The van der Waals surface area contributed by atoms with Gasteiger partial charge in [-0.15, -0.1) is 5.10 Å². The van der Waals surface area contributed by atoms with Crippen LogP contribution in [0.4, 0.5) is 0 Å². The number of thioether (sulfide) groups is 1. The summed E-state index contributed by atoms with van der Waals surface area (Å²) >= 11 is 1.47. The third-order valence-electron chi connectivity index (χ3n) is 4.47. The van der Waals surface area contributed by atoms with E-state index in [-0.39, 0.29) is 16.6 Å². The number of carbonyl (C=O) groups excluding carboxylic acids is 1. The van der Waals surface area contributed by atoms with Crippen molar-refractivity contribution in [2.45, 2.75) is 63.4 Å². The maximum absolute atomic E-state index is 12.7. The molecule has 0 N–H and O–H groups in total. The Balaban J connectivity index is 1.60. The lowest BCUT2D eigenvalue weighted by Gasteiger charge is -2.33. The second kappa shape index (κ2) is 6.26. The Bertz CT molecular complexity index is 614. The normalized spacial score (nSPS) is 20.3. The van der Waals surface area contributed by atoms with Gasteiger partial charge in [0.15, 0.2) is 0 Å². The van der Waals surface area contributed by atoms with E-state index in [1.54, 1.807) is 0 Å². The first kappa shape index (κ1) is 16.5. The van der Waals surface area contributed by atoms with Gasteiger partial charge in [0.2, 0.25) is 11.1 Å². The third kappa shape index (κ3) is 3.76. The zero-order valence-corrected chi connectivity index (χ0v) is 15.1. The first-order valence-corrected chi connectivity index (χ1v) is 9.17. The Hall–Kier alpha value is -1.37. The third-order valence-corrected chi connectivity index (χ3v) is 5.50. The Morgan fingerprint density at radius 2 is 2.13 bits per heavy atom. The fraction of sp³-hybridized carbons (Fsp3) is 0.750. The lowest BCUT2D eigenvalue weighted by atomic mass is 9.83. The first-order chi connectivity index (χ1) is 10.9. The van der Waals surface area contributed by atoms with Crippen molar-refractivity contribution in [3.63, 3.8) is 0 Å². The van der Waals surface area contributed by atoms with Crippen molar-refractivity contribution in [2.24, 2.45) is 5.41 Å². The van der Waals surface area contributed by atoms with Gasteiger partial charge in [0, 0.05) is 13.1 Å². The average Bonchev–Trinajstić information content (AvgIpc) is 3.26. The van der Waals surface area contributed by atoms with Crippen LogP contribution >= 0.6 is 11.8 Å². The molecule has 6 nitrogen and oxygen atoms in total. The van der Waals surface area contributed by atoms with Crippen molar-refractivity contribution < 1.29 is 4.79 Å². The molecular weight excluding hydrogens is 310 g/mol. The second-order valence-corrected chi connectivity index (χ2v) is 8.72. The van der Waals surface area contributed by atoms with Crippen LogP contribution in [0.3, 0.4) is 0 Å². The lowest BCUT2D eigenvalue weighted by molar-refractivity contribution is -0.130. The quantitative estimate of drug-likeness (QED) is 0.625. The summed E-state index contributed by atoms with van der Waals surface area (Å²) in [6.45, 7) is 10.2. The minimum atomic E-state index is -0.164. The van der Waals surface area contributed by atoms with Gasteiger partial charge in [-0.25, -0.2) is 4.68 Å². The molecule has 1 aliphatic carbocycles. The van der Waals surface area contributed by atoms with E-state index in [1.165, 1.54) is 17.3 Å². The molecular formula is C16H25N5OS. The van der Waals surface area contributed by atoms with Gasteiger partial charge in [-0.3, -0.25) is 4.79 Å². The van der Waals surface area contributed by atoms with Crippen LogP contribution in [0.15, 0.2) is 16.8 Å². The van der Waals surface area contributed by atoms with Gasteiger partial charge in [-0.1, -0.05) is 44.2 Å². The van der Waals surface area contributed by atoms with E-state index in [0.29, 0.717) is 12.6 Å². The van der Waals surface area contributed by atoms with E-state index >= 15 is 0 Å². The van der Waals surface area contributed by atoms with Crippen molar-refractivity contribution in [3.05, 3.63) is 11.6 Å². The van der Waals surface area contributed by atoms with Crippen LogP contribution in [0.1, 0.15) is 53.0 Å². The van der Waals surface area contributed by atoms with Crippen LogP contribution in [0.25, 0.3) is 0 Å². The Morgan fingerprint density at radius 3 is 2.70 bits per heavy atom. The van der Waals surface area contributed by atoms with E-state index in [1.807, 2.05) is 16.5 Å². The molecule has 0 spiro atoms. The standard InChI is InChI=1S/C16H25N5OS/c1-11(23-15-17-18-19-21(15)13-5-6-13)14(22)20-9-7-12(8-10-20)16(2,3)4/h7,11,13H,5-6,8-10H2,1-4H3/t11-/m0/s1. The summed E-state index contributed by atoms with van der Waals surface area (Å²) in [5.41, 5.74) is 1.64. The zero-order valence-electron chi connectivity index (χ0n) is 14.3. The summed E-state index contributed by atoms with van der Waals surface area (Å²) in [5.74, 6) is 0.171. The van der Waals surface area contributed by atoms with Crippen LogP contribution in [0.2, 0.25) is 0 Å². The molecule has 126 valence electrons. The minimum Gasteiger partial charge on any atom is -0.338 e. The smallest absolute Gasteiger partial charge is 0.236 e. The molecule has 0 saturated heterocycles. The highest BCUT2D eigenvalue weighted by atomic mass is 32.2. The Kier molecular flexibility index (Phi) is 4.49. The highest BCUT2D eigenvalue weighted by molar-refractivity contribution is 8.00. The fourth-order valence-corrected chi connectivity index (χ4v) is 3.77. The summed E-state index contributed by atoms with van der Waals surface area (Å²) < 4.78 is 1.86. The molecule has 1 fully saturated rings. The summed E-state index contributed by atoms with van der Waals surface area (Å²) in [6, 6.07) is 0.432. The van der Waals surface area contributed by atoms with E-state index < -0.39 is 0 Å². The van der Waals surface area contributed by atoms with Gasteiger partial charge in [0.25, 0.3) is 0 Å². The van der Waals surface area contributed by atoms with E-state index in [9.17, 15) is 4.79 Å². The highest BCUT2D eigenvalue weighted by Gasteiger charge is 2.31. The SMILES string of the molecule is C[C@H](Sc1nnnn1C1CC1)C(=O)N1CC=C(C(C)(C)C)CC1. The van der Waals surface area contributed by atoms with E-state index in [4.69, 9.17) is 0 Å². The van der Waals surface area contributed by atoms with Crippen LogP contribution in [0, 0.1) is 5.41 Å². The number of aromatic nitrogens is 4. The predicted octanol–water partition coefficient (Wildman–Crippen LogP) is 2.69. The molecule has 2 heterocycles. The number of rotatable bonds is 4. The Labute approximate surface area is 141 Å². The molecule has 0 unspecified atom stereocenters. The summed E-state index contributed by atoms with van der Waals surface area (Å²) in [5, 5.41) is 12.5. The van der Waals surface area contributed by atoms with Crippen LogP contribution in [-0.4, -0.2) is 49.4 Å². The molecule has 0 radical (unpaired) electrons. The van der Waals surface area contributed by atoms with Gasteiger partial charge in [-0.05, 0) is 42.0 Å². The molecule has 1 saturated carbocycles. The summed E-state index contributed by atoms with van der Waals surface area (Å²) in [7, 11) is 0. The van der Waals surface area contributed by atoms with Crippen LogP contribution in [0.5, 0.6) is 0 Å². The van der Waals surface area contributed by atoms with Gasteiger partial charge in [0.05, 0.1) is 11.3 Å². The van der Waals surface area contributed by atoms with Gasteiger partial charge in [-0.2, -0.15) is 0 Å². The number of tetrazole rings is 1. The fourth-order valence-electron chi connectivity index (χ4n) is 2.83. The molecule has 0 bridgehead atoms. The molecule has 1 aromatic rings. The highest BCUT2D eigenvalue weighted by Crippen LogP contribution is 2.37. The lowest BCUT2D eigenvalue weighted by Crippen LogP contribution is -2.40. The number of nitrogens with zero attached hydrogens (tertiary/aromatic N) is 5. The largest absolute Gasteiger partial charge is 0.338 e. The summed E-state index contributed by atoms with van der Waals surface area (Å²) in [4.78, 5) is 14.6. The molecule has 0 aromatic carbocycles. The summed E-state index contributed by atoms with van der Waals surface area (Å²) in [6.07, 6.45) is 5.44. The molecule has 1 atom stereocenters. The van der Waals surface area contributed by atoms with E-state index in [0.717, 1.165) is 31.0 Å². The topological polar surface area (TPSA) is 63.9 Å². The Morgan fingerprint density at radius 1 is 1.39 bits per heavy atom. The molecule has 2 aliphatic rings. The molecule has 1 amide bonds. The maximum Gasteiger partial charge on any atom is 0.236 e. The molecule has 1 aliphatic heterocycles. The van der Waals surface area contributed by atoms with Crippen LogP contribution in [-0.2, 0) is 4.79 Å². The van der Waals surface area contributed by atoms with Gasteiger partial charge < -0.3 is 4.90 Å². The van der Waals surface area contributed by atoms with Crippen molar-refractivity contribution in [1.29, 1.82) is 0 Å². The zero-order chi connectivity index (χ0) is 16.6. The molecule has 3 rings (SSSR count). The second-order valence-electron chi connectivity index (χ2n) is 7.41. The van der Waals surface area contributed by atoms with Crippen molar-refractivity contribution in [3.8, 4) is 0 Å². The average molecular weight is 335 g/mol. The van der Waals surface area contributed by atoms with Gasteiger partial charge >= 0.3 is 0 Å². The maximum atomic E-state index is 12.7. The monoisotopic (exact) mass is 335 g/mol. The molecule has 1 aromatic heterocycles. The predicted molar refractivity (Wildman–Crippen MR) is 90.1 cm³/mol. The minimum absolute atomic E-state index is 0.164.